The molecule has 8 heteroatoms. The fourth-order valence-electron chi connectivity index (χ4n) is 2.19. The maximum absolute atomic E-state index is 4.42. The lowest BCUT2D eigenvalue weighted by atomic mass is 10.2. The van der Waals surface area contributed by atoms with E-state index in [4.69, 9.17) is 0 Å². The average Bonchev–Trinajstić information content (AvgIpc) is 3.18. The van der Waals surface area contributed by atoms with Crippen LogP contribution in [0.2, 0.25) is 0 Å². The summed E-state index contributed by atoms with van der Waals surface area (Å²) >= 11 is 0. The van der Waals surface area contributed by atoms with Crippen LogP contribution in [0.15, 0.2) is 49.4 Å². The van der Waals surface area contributed by atoms with Crippen LogP contribution in [0, 0.1) is 6.92 Å². The highest BCUT2D eigenvalue weighted by molar-refractivity contribution is 5.86. The third-order valence-corrected chi connectivity index (χ3v) is 3.30. The van der Waals surface area contributed by atoms with Gasteiger partial charge < -0.3 is 0 Å². The summed E-state index contributed by atoms with van der Waals surface area (Å²) in [5, 5.41) is 12.7. The Morgan fingerprint density at radius 1 is 1.00 bits per heavy atom. The number of nitrogens with one attached hydrogen (secondary N) is 1. The summed E-state index contributed by atoms with van der Waals surface area (Å²) < 4.78 is 3.40. The first-order valence-electron chi connectivity index (χ1n) is 6.69. The van der Waals surface area contributed by atoms with Crippen molar-refractivity contribution in [1.29, 1.82) is 0 Å². The third kappa shape index (κ3) is 2.06. The Kier molecular flexibility index (Phi) is 2.78. The molecule has 0 amide bonds. The standard InChI is InChI=1S/C14H12N8/c1-10-2-4-11(5-3-10)22-14-12(6-19-22)13(15-7-16-14)20-21-8-17-18-9-21/h2-9H,1H3,(H,15,16,20). The molecule has 22 heavy (non-hydrogen) atoms. The molecule has 1 N–H and O–H groups in total. The van der Waals surface area contributed by atoms with Crippen molar-refractivity contribution < 1.29 is 0 Å². The molecule has 4 aromatic rings. The molecule has 0 bridgehead atoms. The van der Waals surface area contributed by atoms with Gasteiger partial charge in [0.1, 0.15) is 19.0 Å². The molecule has 0 saturated heterocycles. The van der Waals surface area contributed by atoms with E-state index in [0.29, 0.717) is 5.82 Å². The highest BCUT2D eigenvalue weighted by Crippen LogP contribution is 2.21. The van der Waals surface area contributed by atoms with Gasteiger partial charge in [-0.05, 0) is 19.1 Å². The number of rotatable bonds is 3. The fourth-order valence-corrected chi connectivity index (χ4v) is 2.19. The Morgan fingerprint density at radius 3 is 2.55 bits per heavy atom. The van der Waals surface area contributed by atoms with Crippen molar-refractivity contribution in [1.82, 2.24) is 34.6 Å². The zero-order valence-corrected chi connectivity index (χ0v) is 11.7. The quantitative estimate of drug-likeness (QED) is 0.617. The number of aryl methyl sites for hydroxylation is 1. The van der Waals surface area contributed by atoms with Gasteiger partial charge in [0.2, 0.25) is 0 Å². The van der Waals surface area contributed by atoms with Crippen molar-refractivity contribution in [2.45, 2.75) is 6.92 Å². The Hall–Kier alpha value is -3.29. The summed E-state index contributed by atoms with van der Waals surface area (Å²) in [6.07, 6.45) is 6.35. The van der Waals surface area contributed by atoms with Crippen LogP contribution in [0.4, 0.5) is 5.82 Å². The van der Waals surface area contributed by atoms with Gasteiger partial charge >= 0.3 is 0 Å². The van der Waals surface area contributed by atoms with Gasteiger partial charge in [-0.3, -0.25) is 5.43 Å². The molecule has 8 nitrogen and oxygen atoms in total. The molecule has 0 aliphatic carbocycles. The van der Waals surface area contributed by atoms with Gasteiger partial charge in [0.05, 0.1) is 17.3 Å². The molecule has 0 atom stereocenters. The topological polar surface area (TPSA) is 86.3 Å². The number of benzene rings is 1. The van der Waals surface area contributed by atoms with E-state index in [1.807, 2.05) is 31.2 Å². The smallest absolute Gasteiger partial charge is 0.168 e. The van der Waals surface area contributed by atoms with Crippen molar-refractivity contribution in [3.63, 3.8) is 0 Å². The van der Waals surface area contributed by atoms with Gasteiger partial charge in [-0.25, -0.2) is 19.3 Å². The molecule has 0 aliphatic rings. The van der Waals surface area contributed by atoms with Gasteiger partial charge in [0.25, 0.3) is 0 Å². The van der Waals surface area contributed by atoms with Crippen molar-refractivity contribution in [2.24, 2.45) is 0 Å². The third-order valence-electron chi connectivity index (χ3n) is 3.30. The van der Waals surface area contributed by atoms with Crippen molar-refractivity contribution in [3.05, 3.63) is 55.0 Å². The van der Waals surface area contributed by atoms with E-state index in [2.05, 4.69) is 30.7 Å². The lowest BCUT2D eigenvalue weighted by Crippen LogP contribution is -2.08. The molecule has 0 fully saturated rings. The molecule has 108 valence electrons. The summed E-state index contributed by atoms with van der Waals surface area (Å²) in [7, 11) is 0. The first-order chi connectivity index (χ1) is 10.8. The van der Waals surface area contributed by atoms with Crippen LogP contribution >= 0.6 is 0 Å². The number of aromatic nitrogens is 7. The predicted octanol–water partition coefficient (Wildman–Crippen LogP) is 1.59. The fraction of sp³-hybridized carbons (Fsp3) is 0.0714. The predicted molar refractivity (Wildman–Crippen MR) is 80.4 cm³/mol. The highest BCUT2D eigenvalue weighted by atomic mass is 15.5. The molecule has 0 unspecified atom stereocenters. The number of fused-ring (bicyclic) bond motifs is 1. The Bertz CT molecular complexity index is 908. The van der Waals surface area contributed by atoms with Crippen LogP contribution in [-0.4, -0.2) is 34.6 Å². The van der Waals surface area contributed by atoms with Gasteiger partial charge in [0, 0.05) is 0 Å². The second kappa shape index (κ2) is 4.92. The number of nitrogens with zero attached hydrogens (tertiary/aromatic N) is 7. The number of anilines is 1. The minimum absolute atomic E-state index is 0.642. The van der Waals surface area contributed by atoms with Crippen LogP contribution in [0.3, 0.4) is 0 Å². The molecule has 1 aromatic carbocycles. The zero-order valence-electron chi connectivity index (χ0n) is 11.7. The second-order valence-electron chi connectivity index (χ2n) is 4.83. The second-order valence-corrected chi connectivity index (χ2v) is 4.83. The summed E-state index contributed by atoms with van der Waals surface area (Å²) in [5.41, 5.74) is 5.97. The Morgan fingerprint density at radius 2 is 1.77 bits per heavy atom. The molecular formula is C14H12N8. The lowest BCUT2D eigenvalue weighted by Gasteiger charge is -2.06. The van der Waals surface area contributed by atoms with E-state index in [9.17, 15) is 0 Å². The van der Waals surface area contributed by atoms with Crippen molar-refractivity contribution in [3.8, 4) is 5.69 Å². The van der Waals surface area contributed by atoms with Crippen LogP contribution in [0.1, 0.15) is 5.56 Å². The molecule has 3 heterocycles. The zero-order chi connectivity index (χ0) is 14.9. The number of hydrogen-bond donors (Lipinski definition) is 1. The summed E-state index contributed by atoms with van der Waals surface area (Å²) in [4.78, 5) is 8.59. The van der Waals surface area contributed by atoms with Gasteiger partial charge in [0.15, 0.2) is 11.5 Å². The molecular weight excluding hydrogens is 280 g/mol. The van der Waals surface area contributed by atoms with Crippen molar-refractivity contribution >= 4 is 16.9 Å². The Labute approximate surface area is 125 Å². The van der Waals surface area contributed by atoms with Gasteiger partial charge in [-0.15, -0.1) is 10.2 Å². The van der Waals surface area contributed by atoms with E-state index in [1.54, 1.807) is 28.2 Å². The maximum Gasteiger partial charge on any atom is 0.168 e. The molecule has 0 spiro atoms. The van der Waals surface area contributed by atoms with E-state index >= 15 is 0 Å². The van der Waals surface area contributed by atoms with Crippen LogP contribution in [0.5, 0.6) is 0 Å². The molecule has 3 aromatic heterocycles. The summed E-state index contributed by atoms with van der Waals surface area (Å²) in [5.74, 6) is 0.642. The highest BCUT2D eigenvalue weighted by Gasteiger charge is 2.11. The van der Waals surface area contributed by atoms with Crippen molar-refractivity contribution in [2.75, 3.05) is 5.43 Å². The van der Waals surface area contributed by atoms with E-state index in [-0.39, 0.29) is 0 Å². The maximum atomic E-state index is 4.42. The normalized spacial score (nSPS) is 11.0. The molecule has 0 radical (unpaired) electrons. The summed E-state index contributed by atoms with van der Waals surface area (Å²) in [6, 6.07) is 8.11. The van der Waals surface area contributed by atoms with Crippen LogP contribution in [0.25, 0.3) is 16.7 Å². The van der Waals surface area contributed by atoms with Gasteiger partial charge in [-0.1, -0.05) is 17.7 Å². The van der Waals surface area contributed by atoms with Crippen LogP contribution in [-0.2, 0) is 0 Å². The minimum Gasteiger partial charge on any atom is -0.274 e. The first-order valence-corrected chi connectivity index (χ1v) is 6.69. The monoisotopic (exact) mass is 292 g/mol. The molecule has 0 aliphatic heterocycles. The molecule has 0 saturated carbocycles. The van der Waals surface area contributed by atoms with E-state index in [1.165, 1.54) is 11.9 Å². The van der Waals surface area contributed by atoms with E-state index < -0.39 is 0 Å². The lowest BCUT2D eigenvalue weighted by molar-refractivity contribution is 0.893. The van der Waals surface area contributed by atoms with E-state index in [0.717, 1.165) is 16.7 Å². The average molecular weight is 292 g/mol. The van der Waals surface area contributed by atoms with Gasteiger partial charge in [-0.2, -0.15) is 5.10 Å². The van der Waals surface area contributed by atoms with Crippen LogP contribution < -0.4 is 5.43 Å². The largest absolute Gasteiger partial charge is 0.274 e. The SMILES string of the molecule is Cc1ccc(-n2ncc3c(Nn4cnnc4)ncnc32)cc1. The summed E-state index contributed by atoms with van der Waals surface area (Å²) in [6.45, 7) is 2.05. The number of hydrogen-bond acceptors (Lipinski definition) is 6. The first kappa shape index (κ1) is 12.5. The minimum atomic E-state index is 0.642. The Balaban J connectivity index is 1.81. The molecule has 4 rings (SSSR count).